The van der Waals surface area contributed by atoms with E-state index in [-0.39, 0.29) is 57.4 Å². The third-order valence-electron chi connectivity index (χ3n) is 12.9. The lowest BCUT2D eigenvalue weighted by Crippen LogP contribution is -2.68. The maximum absolute atomic E-state index is 14.5. The van der Waals surface area contributed by atoms with Gasteiger partial charge in [0.25, 0.3) is 11.8 Å². The first-order valence-corrected chi connectivity index (χ1v) is 25.8. The van der Waals surface area contributed by atoms with Gasteiger partial charge in [-0.1, -0.05) is 171 Å². The molecule has 3 aliphatic rings. The number of esters is 1. The summed E-state index contributed by atoms with van der Waals surface area (Å²) in [5.41, 5.74) is 4.25. The second-order valence-electron chi connectivity index (χ2n) is 18.0. The van der Waals surface area contributed by atoms with Crippen LogP contribution in [0, 0.1) is 0 Å². The molecule has 0 radical (unpaired) electrons. The van der Waals surface area contributed by atoms with E-state index in [1.165, 1.54) is 18.7 Å². The molecule has 2 amide bonds. The van der Waals surface area contributed by atoms with Crippen LogP contribution in [0.3, 0.4) is 0 Å². The fourth-order valence-corrected chi connectivity index (χ4v) is 10.5. The van der Waals surface area contributed by atoms with Crippen LogP contribution in [0.4, 0.5) is 0 Å². The van der Waals surface area contributed by atoms with Gasteiger partial charge in [-0.2, -0.15) is 0 Å². The molecule has 6 aromatic rings. The topological polar surface area (TPSA) is 138 Å². The zero-order valence-corrected chi connectivity index (χ0v) is 41.7. The molecule has 14 heteroatoms. The molecule has 380 valence electrons. The van der Waals surface area contributed by atoms with Gasteiger partial charge in [0.1, 0.15) is 48.1 Å². The molecule has 13 nitrogen and oxygen atoms in total. The maximum Gasteiger partial charge on any atom is 0.303 e. The lowest BCUT2D eigenvalue weighted by atomic mass is 9.94. The minimum Gasteiger partial charge on any atom is -0.457 e. The molecular weight excluding hydrogens is 947 g/mol. The summed E-state index contributed by atoms with van der Waals surface area (Å²) in [4.78, 5) is 43.7. The Hall–Kier alpha value is -6.04. The van der Waals surface area contributed by atoms with Crippen molar-refractivity contribution in [3.8, 4) is 0 Å². The average Bonchev–Trinajstić information content (AvgIpc) is 3.67. The van der Waals surface area contributed by atoms with E-state index in [1.807, 2.05) is 159 Å². The number of amides is 2. The van der Waals surface area contributed by atoms with Gasteiger partial charge in [-0.05, 0) is 45.7 Å². The Labute approximate surface area is 430 Å². The SMILES string of the molecule is CCS[C@@H]1O[C@H](COCc2ccccc2)[C@@H](O[C@@H]2O[C@H](COCc3ccccc3)[C@@H](OCc3ccccc3)[C@H](OCc3ccccc3)[C@H]2OCc2ccccc2)[C@H](OC(C)=O)[C@H]1N1C(=O)c2ccccc2C1=O. The van der Waals surface area contributed by atoms with Crippen molar-refractivity contribution in [2.24, 2.45) is 0 Å². The molecule has 2 fully saturated rings. The number of hydrogen-bond acceptors (Lipinski definition) is 13. The summed E-state index contributed by atoms with van der Waals surface area (Å²) in [6, 6.07) is 54.5. The van der Waals surface area contributed by atoms with E-state index in [9.17, 15) is 14.4 Å². The van der Waals surface area contributed by atoms with Crippen LogP contribution in [0.25, 0.3) is 0 Å². The first-order chi connectivity index (χ1) is 35.8. The van der Waals surface area contributed by atoms with Crippen molar-refractivity contribution >= 4 is 29.5 Å². The molecule has 0 aliphatic carbocycles. The Balaban J connectivity index is 1.13. The number of thioether (sulfide) groups is 1. The second-order valence-corrected chi connectivity index (χ2v) is 19.4. The Morgan fingerprint density at radius 2 is 0.890 bits per heavy atom. The standard InChI is InChI=1S/C59H61NO12S/c1-3-73-59-50(60-56(62)46-31-19-20-32-47(46)57(60)63)53(69-40(2)61)52(49(71-59)39-65-34-42-23-11-5-12-24-42)72-58-55(68-37-45-29-17-8-18-30-45)54(67-36-44-27-15-7-16-28-44)51(66-35-43-25-13-6-14-26-43)48(70-58)38-64-33-41-21-9-4-10-22-41/h4-32,48-55,58-59H,3,33-39H2,1-2H3/t48-,49-,50-,51-,52-,53-,54+,55-,58+,59+/m1/s1. The Morgan fingerprint density at radius 3 is 1.33 bits per heavy atom. The van der Waals surface area contributed by atoms with Gasteiger partial charge in [0.2, 0.25) is 0 Å². The van der Waals surface area contributed by atoms with Crippen LogP contribution in [-0.4, -0.2) is 102 Å². The highest BCUT2D eigenvalue weighted by atomic mass is 32.2. The van der Waals surface area contributed by atoms with E-state index in [0.29, 0.717) is 5.75 Å². The Bertz CT molecular complexity index is 2630. The minimum atomic E-state index is -1.29. The van der Waals surface area contributed by atoms with Gasteiger partial charge >= 0.3 is 5.97 Å². The highest BCUT2D eigenvalue weighted by molar-refractivity contribution is 7.99. The van der Waals surface area contributed by atoms with E-state index in [2.05, 4.69) is 0 Å². The second kappa shape index (κ2) is 25.8. The van der Waals surface area contributed by atoms with Gasteiger partial charge < -0.3 is 42.6 Å². The van der Waals surface area contributed by atoms with Crippen molar-refractivity contribution in [2.75, 3.05) is 19.0 Å². The number of benzene rings is 6. The first kappa shape index (κ1) is 51.8. The highest BCUT2D eigenvalue weighted by Gasteiger charge is 2.58. The summed E-state index contributed by atoms with van der Waals surface area (Å²) in [6.45, 7) is 4.31. The molecule has 0 N–H and O–H groups in total. The molecule has 10 atom stereocenters. The van der Waals surface area contributed by atoms with E-state index in [4.69, 9.17) is 42.6 Å². The zero-order valence-electron chi connectivity index (χ0n) is 40.9. The normalized spacial score (nSPS) is 24.8. The highest BCUT2D eigenvalue weighted by Crippen LogP contribution is 2.41. The summed E-state index contributed by atoms with van der Waals surface area (Å²) >= 11 is 1.39. The molecule has 0 spiro atoms. The van der Waals surface area contributed by atoms with Gasteiger partial charge in [-0.3, -0.25) is 19.3 Å². The number of carbonyl (C=O) groups excluding carboxylic acids is 3. The first-order valence-electron chi connectivity index (χ1n) is 24.8. The fraction of sp³-hybridized carbons (Fsp3) is 0.339. The van der Waals surface area contributed by atoms with E-state index in [1.54, 1.807) is 24.3 Å². The number of carbonyl (C=O) groups is 3. The molecule has 9 rings (SSSR count). The fourth-order valence-electron chi connectivity index (χ4n) is 9.45. The van der Waals surface area contributed by atoms with Gasteiger partial charge in [0.05, 0.1) is 57.4 Å². The molecular formula is C59H61NO12S. The van der Waals surface area contributed by atoms with Crippen molar-refractivity contribution in [3.63, 3.8) is 0 Å². The van der Waals surface area contributed by atoms with Crippen molar-refractivity contribution in [1.82, 2.24) is 4.90 Å². The quantitative estimate of drug-likeness (QED) is 0.0446. The smallest absolute Gasteiger partial charge is 0.303 e. The minimum absolute atomic E-state index is 0.0322. The van der Waals surface area contributed by atoms with Gasteiger partial charge in [0, 0.05) is 6.92 Å². The largest absolute Gasteiger partial charge is 0.457 e. The molecule has 0 unspecified atom stereocenters. The molecule has 0 saturated carbocycles. The molecule has 73 heavy (non-hydrogen) atoms. The van der Waals surface area contributed by atoms with Crippen LogP contribution in [0.15, 0.2) is 176 Å². The van der Waals surface area contributed by atoms with E-state index >= 15 is 0 Å². The van der Waals surface area contributed by atoms with Crippen molar-refractivity contribution in [2.45, 2.75) is 107 Å². The van der Waals surface area contributed by atoms with Crippen molar-refractivity contribution in [3.05, 3.63) is 215 Å². The van der Waals surface area contributed by atoms with E-state index in [0.717, 1.165) is 32.7 Å². The molecule has 0 aromatic heterocycles. The van der Waals surface area contributed by atoms with Crippen LogP contribution in [-0.2, 0) is 80.5 Å². The summed E-state index contributed by atoms with van der Waals surface area (Å²) < 4.78 is 61.6. The van der Waals surface area contributed by atoms with Crippen LogP contribution < -0.4 is 0 Å². The lowest BCUT2D eigenvalue weighted by molar-refractivity contribution is -0.353. The molecule has 2 saturated heterocycles. The summed E-state index contributed by atoms with van der Waals surface area (Å²) in [5.74, 6) is -1.19. The summed E-state index contributed by atoms with van der Waals surface area (Å²) in [7, 11) is 0. The van der Waals surface area contributed by atoms with Crippen LogP contribution in [0.2, 0.25) is 0 Å². The summed E-state index contributed by atoms with van der Waals surface area (Å²) in [6.07, 6.45) is -8.22. The Morgan fingerprint density at radius 1 is 0.493 bits per heavy atom. The summed E-state index contributed by atoms with van der Waals surface area (Å²) in [5, 5.41) is 0. The number of hydrogen-bond donors (Lipinski definition) is 0. The molecule has 6 aromatic carbocycles. The third-order valence-corrected chi connectivity index (χ3v) is 13.9. The Kier molecular flexibility index (Phi) is 18.3. The van der Waals surface area contributed by atoms with Gasteiger partial charge in [-0.15, -0.1) is 11.8 Å². The molecule has 0 bridgehead atoms. The number of fused-ring (bicyclic) bond motifs is 1. The maximum atomic E-state index is 14.5. The monoisotopic (exact) mass is 1010 g/mol. The zero-order chi connectivity index (χ0) is 50.4. The molecule has 3 heterocycles. The predicted molar refractivity (Wildman–Crippen MR) is 274 cm³/mol. The number of rotatable bonds is 23. The van der Waals surface area contributed by atoms with Crippen molar-refractivity contribution < 1.29 is 57.0 Å². The average molecular weight is 1010 g/mol. The predicted octanol–water partition coefficient (Wildman–Crippen LogP) is 9.36. The number of ether oxygens (including phenoxy) is 9. The third kappa shape index (κ3) is 13.2. The van der Waals surface area contributed by atoms with Gasteiger partial charge in [-0.25, -0.2) is 0 Å². The molecule has 3 aliphatic heterocycles. The van der Waals surface area contributed by atoms with Crippen LogP contribution >= 0.6 is 11.8 Å². The van der Waals surface area contributed by atoms with Crippen LogP contribution in [0.5, 0.6) is 0 Å². The van der Waals surface area contributed by atoms with Crippen LogP contribution in [0.1, 0.15) is 62.4 Å². The number of imide groups is 1. The van der Waals surface area contributed by atoms with E-state index < -0.39 is 78.3 Å². The lowest BCUT2D eigenvalue weighted by Gasteiger charge is -2.51. The van der Waals surface area contributed by atoms with Gasteiger partial charge in [0.15, 0.2) is 12.4 Å². The number of nitrogens with zero attached hydrogens (tertiary/aromatic N) is 1. The van der Waals surface area contributed by atoms with Crippen molar-refractivity contribution in [1.29, 1.82) is 0 Å².